The SMILES string of the molecule is Cc1ccc2c(c1)C[C@]1(CN2C)C(=O)NC(=O)N([C@@H](C)CCc2ccccc2)C1=O. The van der Waals surface area contributed by atoms with Crippen LogP contribution in [0.25, 0.3) is 0 Å². The summed E-state index contributed by atoms with van der Waals surface area (Å²) < 4.78 is 0. The first kappa shape index (κ1) is 20.1. The van der Waals surface area contributed by atoms with E-state index in [1.165, 1.54) is 4.90 Å². The van der Waals surface area contributed by atoms with Crippen molar-refractivity contribution in [1.82, 2.24) is 10.2 Å². The highest BCUT2D eigenvalue weighted by atomic mass is 16.2. The Labute approximate surface area is 176 Å². The second kappa shape index (κ2) is 7.59. The molecule has 30 heavy (non-hydrogen) atoms. The maximum atomic E-state index is 13.6. The first-order valence-corrected chi connectivity index (χ1v) is 10.4. The number of urea groups is 1. The molecule has 6 nitrogen and oxygen atoms in total. The third-order valence-corrected chi connectivity index (χ3v) is 6.28. The minimum atomic E-state index is -1.29. The molecule has 2 aromatic rings. The van der Waals surface area contributed by atoms with E-state index in [-0.39, 0.29) is 12.6 Å². The van der Waals surface area contributed by atoms with Crippen LogP contribution in [-0.4, -0.2) is 42.4 Å². The molecular formula is C24H27N3O3. The van der Waals surface area contributed by atoms with E-state index in [9.17, 15) is 14.4 Å². The van der Waals surface area contributed by atoms with E-state index in [1.54, 1.807) is 0 Å². The second-order valence-corrected chi connectivity index (χ2v) is 8.55. The molecule has 2 heterocycles. The number of amides is 4. The Morgan fingerprint density at radius 2 is 1.83 bits per heavy atom. The van der Waals surface area contributed by atoms with Crippen molar-refractivity contribution in [3.05, 3.63) is 65.2 Å². The average molecular weight is 405 g/mol. The average Bonchev–Trinajstić information content (AvgIpc) is 2.71. The zero-order chi connectivity index (χ0) is 21.5. The van der Waals surface area contributed by atoms with Crippen LogP contribution in [0.4, 0.5) is 10.5 Å². The first-order chi connectivity index (χ1) is 14.3. The molecule has 2 aliphatic rings. The maximum absolute atomic E-state index is 13.6. The summed E-state index contributed by atoms with van der Waals surface area (Å²) in [6, 6.07) is 15.1. The second-order valence-electron chi connectivity index (χ2n) is 8.55. The topological polar surface area (TPSA) is 69.7 Å². The van der Waals surface area contributed by atoms with Gasteiger partial charge in [-0.25, -0.2) is 4.79 Å². The van der Waals surface area contributed by atoms with Gasteiger partial charge in [-0.15, -0.1) is 0 Å². The molecule has 0 saturated carbocycles. The van der Waals surface area contributed by atoms with Gasteiger partial charge in [0.15, 0.2) is 0 Å². The Morgan fingerprint density at radius 1 is 1.10 bits per heavy atom. The number of aryl methyl sites for hydroxylation is 2. The van der Waals surface area contributed by atoms with Gasteiger partial charge in [0.25, 0.3) is 0 Å². The summed E-state index contributed by atoms with van der Waals surface area (Å²) in [7, 11) is 1.88. The largest absolute Gasteiger partial charge is 0.373 e. The summed E-state index contributed by atoms with van der Waals surface area (Å²) in [5.41, 5.74) is 2.92. The maximum Gasteiger partial charge on any atom is 0.331 e. The molecule has 156 valence electrons. The lowest BCUT2D eigenvalue weighted by Crippen LogP contribution is -2.69. The van der Waals surface area contributed by atoms with Crippen LogP contribution in [0.2, 0.25) is 0 Å². The van der Waals surface area contributed by atoms with Crippen molar-refractivity contribution in [3.8, 4) is 0 Å². The third kappa shape index (κ3) is 3.36. The molecule has 0 aliphatic carbocycles. The quantitative estimate of drug-likeness (QED) is 0.794. The highest BCUT2D eigenvalue weighted by Gasteiger charge is 2.57. The summed E-state index contributed by atoms with van der Waals surface area (Å²) in [6.45, 7) is 4.11. The fourth-order valence-corrected chi connectivity index (χ4v) is 4.64. The molecule has 1 fully saturated rings. The van der Waals surface area contributed by atoms with E-state index in [2.05, 4.69) is 5.32 Å². The summed E-state index contributed by atoms with van der Waals surface area (Å²) in [5.74, 6) is -0.890. The number of barbiturate groups is 1. The molecule has 0 aromatic heterocycles. The van der Waals surface area contributed by atoms with Gasteiger partial charge in [0.1, 0.15) is 5.41 Å². The van der Waals surface area contributed by atoms with E-state index in [0.29, 0.717) is 12.8 Å². The molecule has 1 saturated heterocycles. The van der Waals surface area contributed by atoms with Crippen LogP contribution in [0.1, 0.15) is 30.0 Å². The third-order valence-electron chi connectivity index (χ3n) is 6.28. The van der Waals surface area contributed by atoms with Crippen LogP contribution in [0.5, 0.6) is 0 Å². The Morgan fingerprint density at radius 3 is 2.57 bits per heavy atom. The van der Waals surface area contributed by atoms with Crippen molar-refractivity contribution in [2.75, 3.05) is 18.5 Å². The summed E-state index contributed by atoms with van der Waals surface area (Å²) >= 11 is 0. The molecule has 2 aromatic carbocycles. The molecule has 4 amide bonds. The zero-order valence-corrected chi connectivity index (χ0v) is 17.6. The molecule has 1 N–H and O–H groups in total. The first-order valence-electron chi connectivity index (χ1n) is 10.4. The zero-order valence-electron chi connectivity index (χ0n) is 17.6. The van der Waals surface area contributed by atoms with Gasteiger partial charge in [0, 0.05) is 25.3 Å². The van der Waals surface area contributed by atoms with Gasteiger partial charge in [-0.1, -0.05) is 48.0 Å². The summed E-state index contributed by atoms with van der Waals surface area (Å²) in [5, 5.41) is 2.47. The van der Waals surface area contributed by atoms with Crippen LogP contribution in [0, 0.1) is 12.3 Å². The predicted molar refractivity (Wildman–Crippen MR) is 115 cm³/mol. The van der Waals surface area contributed by atoms with Crippen molar-refractivity contribution < 1.29 is 14.4 Å². The molecule has 2 aliphatic heterocycles. The monoisotopic (exact) mass is 405 g/mol. The Bertz CT molecular complexity index is 1000. The van der Waals surface area contributed by atoms with Crippen molar-refractivity contribution in [2.24, 2.45) is 5.41 Å². The van der Waals surface area contributed by atoms with E-state index in [4.69, 9.17) is 0 Å². The van der Waals surface area contributed by atoms with Gasteiger partial charge in [0.05, 0.1) is 0 Å². The van der Waals surface area contributed by atoms with Crippen LogP contribution < -0.4 is 10.2 Å². The Balaban J connectivity index is 1.61. The molecule has 0 unspecified atom stereocenters. The van der Waals surface area contributed by atoms with E-state index < -0.39 is 23.3 Å². The fraction of sp³-hybridized carbons (Fsp3) is 0.375. The lowest BCUT2D eigenvalue weighted by atomic mass is 9.74. The molecule has 4 rings (SSSR count). The number of nitrogens with one attached hydrogen (secondary N) is 1. The van der Waals surface area contributed by atoms with E-state index in [0.717, 1.165) is 28.8 Å². The smallest absolute Gasteiger partial charge is 0.331 e. The van der Waals surface area contributed by atoms with Crippen molar-refractivity contribution in [1.29, 1.82) is 0 Å². The normalized spacial score (nSPS) is 22.2. The van der Waals surface area contributed by atoms with Gasteiger partial charge in [-0.3, -0.25) is 19.8 Å². The number of fused-ring (bicyclic) bond motifs is 1. The number of hydrogen-bond donors (Lipinski definition) is 1. The molecule has 2 atom stereocenters. The summed E-state index contributed by atoms with van der Waals surface area (Å²) in [6.07, 6.45) is 1.69. The van der Waals surface area contributed by atoms with E-state index >= 15 is 0 Å². The minimum Gasteiger partial charge on any atom is -0.373 e. The molecular weight excluding hydrogens is 378 g/mol. The molecule has 6 heteroatoms. The van der Waals surface area contributed by atoms with Crippen LogP contribution in [0.15, 0.2) is 48.5 Å². The summed E-state index contributed by atoms with van der Waals surface area (Å²) in [4.78, 5) is 42.4. The molecule has 0 radical (unpaired) electrons. The lowest BCUT2D eigenvalue weighted by molar-refractivity contribution is -0.152. The number of nitrogens with zero attached hydrogens (tertiary/aromatic N) is 2. The van der Waals surface area contributed by atoms with E-state index in [1.807, 2.05) is 74.3 Å². The number of carbonyl (C=O) groups excluding carboxylic acids is 3. The van der Waals surface area contributed by atoms with Crippen molar-refractivity contribution in [3.63, 3.8) is 0 Å². The predicted octanol–water partition coefficient (Wildman–Crippen LogP) is 3.07. The molecule has 0 bridgehead atoms. The number of benzene rings is 2. The highest BCUT2D eigenvalue weighted by molar-refractivity contribution is 6.20. The van der Waals surface area contributed by atoms with Crippen molar-refractivity contribution in [2.45, 2.75) is 39.2 Å². The van der Waals surface area contributed by atoms with Gasteiger partial charge in [-0.2, -0.15) is 0 Å². The standard InChI is InChI=1S/C24H27N3O3/c1-16-9-12-20-19(13-16)14-24(15-26(20)3)21(28)25-23(30)27(22(24)29)17(2)10-11-18-7-5-4-6-8-18/h4-9,12-13,17H,10-11,14-15H2,1-3H3,(H,25,28,30)/t17-,24-/m0/s1. The Hall–Kier alpha value is -3.15. The van der Waals surface area contributed by atoms with Gasteiger partial charge in [0.2, 0.25) is 11.8 Å². The highest BCUT2D eigenvalue weighted by Crippen LogP contribution is 2.40. The number of rotatable bonds is 4. The van der Waals surface area contributed by atoms with Gasteiger partial charge < -0.3 is 4.90 Å². The minimum absolute atomic E-state index is 0.253. The number of imide groups is 2. The van der Waals surface area contributed by atoms with Gasteiger partial charge in [-0.05, 0) is 50.3 Å². The Kier molecular flexibility index (Phi) is 5.10. The number of carbonyl (C=O) groups is 3. The number of anilines is 1. The fourth-order valence-electron chi connectivity index (χ4n) is 4.64. The van der Waals surface area contributed by atoms with Crippen LogP contribution in [-0.2, 0) is 22.4 Å². The number of hydrogen-bond acceptors (Lipinski definition) is 4. The van der Waals surface area contributed by atoms with Crippen LogP contribution in [0.3, 0.4) is 0 Å². The molecule has 1 spiro atoms. The van der Waals surface area contributed by atoms with Crippen molar-refractivity contribution >= 4 is 23.5 Å². The van der Waals surface area contributed by atoms with Gasteiger partial charge >= 0.3 is 6.03 Å². The lowest BCUT2D eigenvalue weighted by Gasteiger charge is -2.46. The van der Waals surface area contributed by atoms with Crippen LogP contribution >= 0.6 is 0 Å².